The van der Waals surface area contributed by atoms with Crippen molar-refractivity contribution in [2.45, 2.75) is 20.0 Å². The Hall–Kier alpha value is -2.40. The number of piperazine rings is 1. The molecule has 0 saturated carbocycles. The second-order valence-electron chi connectivity index (χ2n) is 7.05. The zero-order valence-electron chi connectivity index (χ0n) is 17.1. The van der Waals surface area contributed by atoms with Crippen molar-refractivity contribution < 1.29 is 4.52 Å². The summed E-state index contributed by atoms with van der Waals surface area (Å²) in [5.74, 6) is 0.959. The Balaban J connectivity index is 0.00000256. The van der Waals surface area contributed by atoms with E-state index in [1.807, 2.05) is 53.5 Å². The lowest BCUT2D eigenvalue weighted by Crippen LogP contribution is -2.52. The Bertz CT molecular complexity index is 903. The third-order valence-electron chi connectivity index (χ3n) is 4.95. The highest BCUT2D eigenvalue weighted by atomic mass is 127. The van der Waals surface area contributed by atoms with Gasteiger partial charge in [-0.25, -0.2) is 9.67 Å². The lowest BCUT2D eigenvalue weighted by Gasteiger charge is -2.36. The van der Waals surface area contributed by atoms with Crippen LogP contribution < -0.4 is 5.32 Å². The number of aromatic nitrogens is 3. The molecule has 0 radical (unpaired) electrons. The zero-order chi connectivity index (χ0) is 19.9. The van der Waals surface area contributed by atoms with Gasteiger partial charge in [-0.2, -0.15) is 5.10 Å². The third kappa shape index (κ3) is 5.82. The van der Waals surface area contributed by atoms with Gasteiger partial charge in [0, 0.05) is 57.1 Å². The minimum absolute atomic E-state index is 0. The molecule has 1 aliphatic heterocycles. The first-order valence-corrected chi connectivity index (χ1v) is 10.1. The molecule has 0 spiro atoms. The molecular weight excluding hydrogens is 493 g/mol. The van der Waals surface area contributed by atoms with E-state index < -0.39 is 0 Å². The molecule has 1 fully saturated rings. The van der Waals surface area contributed by atoms with E-state index in [4.69, 9.17) is 9.52 Å². The number of para-hydroxylation sites is 1. The molecule has 1 aliphatic rings. The Morgan fingerprint density at radius 3 is 2.63 bits per heavy atom. The number of hydrogen-bond donors (Lipinski definition) is 1. The molecule has 0 atom stereocenters. The SMILES string of the molecule is CCNC(=NCc1cnn(-c2ccccc2)c1)N1CCN(Cc2ccon2)CC1.I. The van der Waals surface area contributed by atoms with Crippen LogP contribution in [-0.2, 0) is 13.1 Å². The van der Waals surface area contributed by atoms with Crippen LogP contribution >= 0.6 is 24.0 Å². The molecule has 2 aromatic heterocycles. The molecule has 4 rings (SSSR count). The number of guanidine groups is 1. The summed E-state index contributed by atoms with van der Waals surface area (Å²) in [5, 5.41) is 11.9. The lowest BCUT2D eigenvalue weighted by atomic mass is 10.3. The van der Waals surface area contributed by atoms with Gasteiger partial charge in [0.25, 0.3) is 0 Å². The first-order valence-electron chi connectivity index (χ1n) is 10.1. The van der Waals surface area contributed by atoms with Gasteiger partial charge in [0.1, 0.15) is 6.26 Å². The Kier molecular flexibility index (Phi) is 8.26. The maximum absolute atomic E-state index is 4.93. The van der Waals surface area contributed by atoms with Crippen molar-refractivity contribution in [3.05, 3.63) is 66.3 Å². The molecule has 1 aromatic carbocycles. The molecule has 30 heavy (non-hydrogen) atoms. The normalized spacial score (nSPS) is 15.1. The quantitative estimate of drug-likeness (QED) is 0.306. The van der Waals surface area contributed by atoms with Crippen molar-refractivity contribution in [2.75, 3.05) is 32.7 Å². The van der Waals surface area contributed by atoms with Gasteiger partial charge in [0.2, 0.25) is 0 Å². The van der Waals surface area contributed by atoms with Gasteiger partial charge < -0.3 is 14.7 Å². The Morgan fingerprint density at radius 2 is 1.93 bits per heavy atom. The molecule has 0 unspecified atom stereocenters. The van der Waals surface area contributed by atoms with Gasteiger partial charge in [-0.15, -0.1) is 24.0 Å². The standard InChI is InChI=1S/C21H27N7O.HI/c1-2-22-21(27-11-9-26(10-12-27)17-19-8-13-29-25-19)23-14-18-15-24-28(16-18)20-6-4-3-5-7-20;/h3-8,13,15-16H,2,9-12,14,17H2,1H3,(H,22,23);1H. The Labute approximate surface area is 194 Å². The van der Waals surface area contributed by atoms with E-state index in [1.54, 1.807) is 6.26 Å². The van der Waals surface area contributed by atoms with E-state index in [1.165, 1.54) is 0 Å². The predicted molar refractivity (Wildman–Crippen MR) is 127 cm³/mol. The second kappa shape index (κ2) is 11.1. The number of rotatable bonds is 6. The van der Waals surface area contributed by atoms with Crippen LogP contribution in [0, 0.1) is 0 Å². The van der Waals surface area contributed by atoms with E-state index in [-0.39, 0.29) is 24.0 Å². The van der Waals surface area contributed by atoms with Crippen LogP contribution in [0.1, 0.15) is 18.2 Å². The van der Waals surface area contributed by atoms with Crippen molar-refractivity contribution >= 4 is 29.9 Å². The fourth-order valence-electron chi connectivity index (χ4n) is 3.42. The highest BCUT2D eigenvalue weighted by Gasteiger charge is 2.20. The number of nitrogens with zero attached hydrogens (tertiary/aromatic N) is 6. The monoisotopic (exact) mass is 521 g/mol. The maximum Gasteiger partial charge on any atom is 0.194 e. The topological polar surface area (TPSA) is 74.7 Å². The highest BCUT2D eigenvalue weighted by Crippen LogP contribution is 2.10. The first kappa shape index (κ1) is 22.3. The number of benzene rings is 1. The molecule has 8 nitrogen and oxygen atoms in total. The van der Waals surface area contributed by atoms with Gasteiger partial charge in [-0.05, 0) is 19.1 Å². The van der Waals surface area contributed by atoms with Crippen LogP contribution in [-0.4, -0.2) is 63.4 Å². The molecule has 160 valence electrons. The van der Waals surface area contributed by atoms with Gasteiger partial charge in [0.05, 0.1) is 24.1 Å². The van der Waals surface area contributed by atoms with E-state index in [0.29, 0.717) is 6.54 Å². The number of nitrogens with one attached hydrogen (secondary N) is 1. The largest absolute Gasteiger partial charge is 0.364 e. The molecule has 9 heteroatoms. The molecule has 0 amide bonds. The molecule has 3 heterocycles. The summed E-state index contributed by atoms with van der Waals surface area (Å²) in [7, 11) is 0. The summed E-state index contributed by atoms with van der Waals surface area (Å²) in [6, 6.07) is 12.0. The maximum atomic E-state index is 4.93. The fraction of sp³-hybridized carbons (Fsp3) is 0.381. The minimum Gasteiger partial charge on any atom is -0.364 e. The fourth-order valence-corrected chi connectivity index (χ4v) is 3.42. The molecule has 1 N–H and O–H groups in total. The van der Waals surface area contributed by atoms with Gasteiger partial charge in [-0.1, -0.05) is 23.4 Å². The van der Waals surface area contributed by atoms with Crippen molar-refractivity contribution in [3.63, 3.8) is 0 Å². The highest BCUT2D eigenvalue weighted by molar-refractivity contribution is 14.0. The molecule has 1 saturated heterocycles. The van der Waals surface area contributed by atoms with Crippen LogP contribution in [0.15, 0.2) is 64.6 Å². The van der Waals surface area contributed by atoms with Crippen LogP contribution in [0.3, 0.4) is 0 Å². The summed E-state index contributed by atoms with van der Waals surface area (Å²) >= 11 is 0. The van der Waals surface area contributed by atoms with Crippen molar-refractivity contribution in [1.29, 1.82) is 0 Å². The average molecular weight is 521 g/mol. The van der Waals surface area contributed by atoms with Gasteiger partial charge in [-0.3, -0.25) is 4.90 Å². The van der Waals surface area contributed by atoms with Crippen molar-refractivity contribution in [1.82, 2.24) is 30.1 Å². The Morgan fingerprint density at radius 1 is 1.13 bits per heavy atom. The average Bonchev–Trinajstić information content (AvgIpc) is 3.45. The summed E-state index contributed by atoms with van der Waals surface area (Å²) in [4.78, 5) is 9.56. The molecular formula is C21H28IN7O. The summed E-state index contributed by atoms with van der Waals surface area (Å²) in [6.45, 7) is 8.21. The third-order valence-corrected chi connectivity index (χ3v) is 4.95. The van der Waals surface area contributed by atoms with E-state index in [9.17, 15) is 0 Å². The molecule has 0 bridgehead atoms. The number of hydrogen-bond acceptors (Lipinski definition) is 5. The summed E-state index contributed by atoms with van der Waals surface area (Å²) < 4.78 is 6.82. The van der Waals surface area contributed by atoms with E-state index in [0.717, 1.165) is 62.2 Å². The second-order valence-corrected chi connectivity index (χ2v) is 7.05. The number of aliphatic imine (C=N–C) groups is 1. The lowest BCUT2D eigenvalue weighted by molar-refractivity contribution is 0.169. The van der Waals surface area contributed by atoms with Crippen LogP contribution in [0.5, 0.6) is 0 Å². The van der Waals surface area contributed by atoms with E-state index >= 15 is 0 Å². The smallest absolute Gasteiger partial charge is 0.194 e. The van der Waals surface area contributed by atoms with Gasteiger partial charge >= 0.3 is 0 Å². The van der Waals surface area contributed by atoms with Crippen molar-refractivity contribution in [3.8, 4) is 5.69 Å². The molecule has 0 aliphatic carbocycles. The summed E-state index contributed by atoms with van der Waals surface area (Å²) in [6.07, 6.45) is 5.55. The number of halogens is 1. The van der Waals surface area contributed by atoms with E-state index in [2.05, 4.69) is 32.3 Å². The van der Waals surface area contributed by atoms with Crippen LogP contribution in [0.4, 0.5) is 0 Å². The van der Waals surface area contributed by atoms with Crippen LogP contribution in [0.2, 0.25) is 0 Å². The zero-order valence-corrected chi connectivity index (χ0v) is 19.5. The van der Waals surface area contributed by atoms with Crippen LogP contribution in [0.25, 0.3) is 5.69 Å². The summed E-state index contributed by atoms with van der Waals surface area (Å²) in [5.41, 5.74) is 3.13. The van der Waals surface area contributed by atoms with Gasteiger partial charge in [0.15, 0.2) is 5.96 Å². The van der Waals surface area contributed by atoms with Crippen molar-refractivity contribution in [2.24, 2.45) is 4.99 Å². The first-order chi connectivity index (χ1) is 14.3. The minimum atomic E-state index is 0. The predicted octanol–water partition coefficient (Wildman–Crippen LogP) is 2.76. The molecule has 3 aromatic rings.